The van der Waals surface area contributed by atoms with Gasteiger partial charge in [0, 0.05) is 18.3 Å². The number of benzene rings is 2. The monoisotopic (exact) mass is 279 g/mol. The second-order valence-corrected chi connectivity index (χ2v) is 4.50. The van der Waals surface area contributed by atoms with Gasteiger partial charge in [0.15, 0.2) is 0 Å². The quantitative estimate of drug-likeness (QED) is 0.735. The van der Waals surface area contributed by atoms with Crippen molar-refractivity contribution in [2.45, 2.75) is 0 Å². The van der Waals surface area contributed by atoms with Gasteiger partial charge < -0.3 is 4.90 Å². The highest BCUT2D eigenvalue weighted by molar-refractivity contribution is 6.05. The third-order valence-corrected chi connectivity index (χ3v) is 3.18. The van der Waals surface area contributed by atoms with Crippen LogP contribution < -0.4 is 4.90 Å². The lowest BCUT2D eigenvalue weighted by atomic mass is 10.1. The molecule has 0 saturated carbocycles. The molecule has 0 aliphatic heterocycles. The minimum atomic E-state index is -0.0653. The van der Waals surface area contributed by atoms with Crippen LogP contribution in [0.2, 0.25) is 0 Å². The molecule has 0 fully saturated rings. The summed E-state index contributed by atoms with van der Waals surface area (Å²) in [6.07, 6.45) is 1.51. The molecule has 0 radical (unpaired) electrons. The molecule has 0 unspecified atom stereocenters. The highest BCUT2D eigenvalue weighted by atomic mass is 16.2. The smallest absolute Gasteiger partial charge is 0.258 e. The first kappa shape index (κ1) is 13.0. The van der Waals surface area contributed by atoms with Crippen LogP contribution >= 0.6 is 0 Å². The van der Waals surface area contributed by atoms with Gasteiger partial charge in [0.25, 0.3) is 5.91 Å². The number of nitrogens with zero attached hydrogens (tertiary/aromatic N) is 5. The molecular weight excluding hydrogens is 266 g/mol. The number of hydrogen-bond acceptors (Lipinski definition) is 4. The van der Waals surface area contributed by atoms with Crippen LogP contribution in [0.3, 0.4) is 0 Å². The van der Waals surface area contributed by atoms with Crippen LogP contribution in [0.1, 0.15) is 10.4 Å². The largest absolute Gasteiger partial charge is 0.311 e. The van der Waals surface area contributed by atoms with Crippen molar-refractivity contribution in [2.75, 3.05) is 11.9 Å². The zero-order chi connectivity index (χ0) is 14.7. The minimum absolute atomic E-state index is 0.0653. The molecular formula is C15H13N5O. The van der Waals surface area contributed by atoms with E-state index in [1.807, 2.05) is 42.5 Å². The predicted molar refractivity (Wildman–Crippen MR) is 78.3 cm³/mol. The van der Waals surface area contributed by atoms with Gasteiger partial charge in [0.1, 0.15) is 6.33 Å². The third kappa shape index (κ3) is 2.64. The Morgan fingerprint density at radius 1 is 1.05 bits per heavy atom. The van der Waals surface area contributed by atoms with Gasteiger partial charge in [-0.05, 0) is 46.8 Å². The predicted octanol–water partition coefficient (Wildman–Crippen LogP) is 1.94. The highest BCUT2D eigenvalue weighted by Gasteiger charge is 2.13. The maximum atomic E-state index is 12.4. The number of tetrazole rings is 1. The van der Waals surface area contributed by atoms with Gasteiger partial charge in [0.2, 0.25) is 0 Å². The average Bonchev–Trinajstić information content (AvgIpc) is 3.09. The van der Waals surface area contributed by atoms with E-state index in [2.05, 4.69) is 15.5 Å². The standard InChI is InChI=1S/C15H13N5O/c1-19(13-5-3-2-4-6-13)15(21)12-7-9-14(10-8-12)20-11-16-17-18-20/h2-11H,1H3. The van der Waals surface area contributed by atoms with Crippen molar-refractivity contribution in [2.24, 2.45) is 0 Å². The molecule has 2 aromatic carbocycles. The van der Waals surface area contributed by atoms with Crippen LogP contribution in [0.15, 0.2) is 60.9 Å². The third-order valence-electron chi connectivity index (χ3n) is 3.18. The second kappa shape index (κ2) is 5.54. The first-order valence-corrected chi connectivity index (χ1v) is 6.42. The first-order valence-electron chi connectivity index (χ1n) is 6.42. The average molecular weight is 279 g/mol. The summed E-state index contributed by atoms with van der Waals surface area (Å²) in [6, 6.07) is 16.7. The van der Waals surface area contributed by atoms with Crippen molar-refractivity contribution in [1.29, 1.82) is 0 Å². The molecule has 0 saturated heterocycles. The zero-order valence-corrected chi connectivity index (χ0v) is 11.4. The molecule has 3 rings (SSSR count). The number of rotatable bonds is 3. The van der Waals surface area contributed by atoms with Crippen LogP contribution in [0, 0.1) is 0 Å². The highest BCUT2D eigenvalue weighted by Crippen LogP contribution is 2.16. The Hall–Kier alpha value is -3.02. The van der Waals surface area contributed by atoms with E-state index in [4.69, 9.17) is 0 Å². The molecule has 6 nitrogen and oxygen atoms in total. The molecule has 1 heterocycles. The Bertz CT molecular complexity index is 723. The molecule has 6 heteroatoms. The van der Waals surface area contributed by atoms with E-state index in [9.17, 15) is 4.79 Å². The summed E-state index contributed by atoms with van der Waals surface area (Å²) >= 11 is 0. The van der Waals surface area contributed by atoms with Gasteiger partial charge in [-0.15, -0.1) is 5.10 Å². The van der Waals surface area contributed by atoms with Crippen LogP contribution in [-0.4, -0.2) is 33.2 Å². The van der Waals surface area contributed by atoms with Crippen molar-refractivity contribution >= 4 is 11.6 Å². The van der Waals surface area contributed by atoms with E-state index in [0.717, 1.165) is 11.4 Å². The maximum absolute atomic E-state index is 12.4. The summed E-state index contributed by atoms with van der Waals surface area (Å²) in [5.41, 5.74) is 2.27. The van der Waals surface area contributed by atoms with E-state index in [1.54, 1.807) is 24.1 Å². The molecule has 0 aliphatic carbocycles. The molecule has 0 N–H and O–H groups in total. The number of aromatic nitrogens is 4. The Labute approximate surface area is 121 Å². The number of amides is 1. The molecule has 1 amide bonds. The van der Waals surface area contributed by atoms with Gasteiger partial charge in [-0.2, -0.15) is 0 Å². The molecule has 3 aromatic rings. The van der Waals surface area contributed by atoms with E-state index in [0.29, 0.717) is 5.56 Å². The molecule has 0 atom stereocenters. The van der Waals surface area contributed by atoms with Crippen LogP contribution in [-0.2, 0) is 0 Å². The fourth-order valence-electron chi connectivity index (χ4n) is 2.00. The minimum Gasteiger partial charge on any atom is -0.311 e. The first-order chi connectivity index (χ1) is 10.3. The number of carbonyl (C=O) groups excluding carboxylic acids is 1. The van der Waals surface area contributed by atoms with E-state index < -0.39 is 0 Å². The molecule has 104 valence electrons. The maximum Gasteiger partial charge on any atom is 0.258 e. The van der Waals surface area contributed by atoms with Crippen LogP contribution in [0.4, 0.5) is 5.69 Å². The van der Waals surface area contributed by atoms with Gasteiger partial charge in [-0.3, -0.25) is 4.79 Å². The fraction of sp³-hybridized carbons (Fsp3) is 0.0667. The Morgan fingerprint density at radius 3 is 2.38 bits per heavy atom. The molecule has 21 heavy (non-hydrogen) atoms. The van der Waals surface area contributed by atoms with Crippen LogP contribution in [0.25, 0.3) is 5.69 Å². The van der Waals surface area contributed by atoms with Crippen molar-refractivity contribution in [3.63, 3.8) is 0 Å². The topological polar surface area (TPSA) is 63.9 Å². The number of anilines is 1. The molecule has 0 bridgehead atoms. The van der Waals surface area contributed by atoms with Gasteiger partial charge in [-0.1, -0.05) is 18.2 Å². The fourth-order valence-corrected chi connectivity index (χ4v) is 2.00. The number of hydrogen-bond donors (Lipinski definition) is 0. The summed E-state index contributed by atoms with van der Waals surface area (Å²) in [6.45, 7) is 0. The lowest BCUT2D eigenvalue weighted by Crippen LogP contribution is -2.26. The molecule has 1 aromatic heterocycles. The van der Waals surface area contributed by atoms with E-state index in [-0.39, 0.29) is 5.91 Å². The molecule has 0 aliphatic rings. The normalized spacial score (nSPS) is 10.3. The second-order valence-electron chi connectivity index (χ2n) is 4.50. The summed E-state index contributed by atoms with van der Waals surface area (Å²) in [5, 5.41) is 11.0. The number of para-hydroxylation sites is 1. The van der Waals surface area contributed by atoms with Crippen LogP contribution in [0.5, 0.6) is 0 Å². The Kier molecular flexibility index (Phi) is 3.42. The van der Waals surface area contributed by atoms with Gasteiger partial charge >= 0.3 is 0 Å². The van der Waals surface area contributed by atoms with Gasteiger partial charge in [-0.25, -0.2) is 4.68 Å². The van der Waals surface area contributed by atoms with Gasteiger partial charge in [0.05, 0.1) is 5.69 Å². The van der Waals surface area contributed by atoms with Crippen molar-refractivity contribution in [1.82, 2.24) is 20.2 Å². The lowest BCUT2D eigenvalue weighted by molar-refractivity contribution is 0.0993. The van der Waals surface area contributed by atoms with E-state index in [1.165, 1.54) is 11.0 Å². The summed E-state index contributed by atoms with van der Waals surface area (Å²) in [5.74, 6) is -0.0653. The SMILES string of the molecule is CN(C(=O)c1ccc(-n2cnnn2)cc1)c1ccccc1. The summed E-state index contributed by atoms with van der Waals surface area (Å²) < 4.78 is 1.54. The Balaban J connectivity index is 1.82. The molecule has 0 spiro atoms. The summed E-state index contributed by atoms with van der Waals surface area (Å²) in [7, 11) is 1.76. The van der Waals surface area contributed by atoms with Crippen molar-refractivity contribution < 1.29 is 4.79 Å². The summed E-state index contributed by atoms with van der Waals surface area (Å²) in [4.78, 5) is 14.0. The van der Waals surface area contributed by atoms with E-state index >= 15 is 0 Å². The lowest BCUT2D eigenvalue weighted by Gasteiger charge is -2.17. The number of carbonyl (C=O) groups is 1. The zero-order valence-electron chi connectivity index (χ0n) is 11.4. The van der Waals surface area contributed by atoms with Crippen molar-refractivity contribution in [3.8, 4) is 5.69 Å². The van der Waals surface area contributed by atoms with Crippen molar-refractivity contribution in [3.05, 3.63) is 66.5 Å². The Morgan fingerprint density at radius 2 is 1.76 bits per heavy atom.